The first-order chi connectivity index (χ1) is 12.3. The quantitative estimate of drug-likeness (QED) is 0.592. The van der Waals surface area contributed by atoms with E-state index in [4.69, 9.17) is 16.3 Å². The molecule has 0 radical (unpaired) electrons. The predicted molar refractivity (Wildman–Crippen MR) is 103 cm³/mol. The van der Waals surface area contributed by atoms with Gasteiger partial charge in [-0.2, -0.15) is 4.98 Å². The van der Waals surface area contributed by atoms with E-state index in [1.165, 1.54) is 12.3 Å². The molecule has 2 rings (SSSR count). The molecule has 1 atom stereocenters. The summed E-state index contributed by atoms with van der Waals surface area (Å²) in [6.45, 7) is 11.4. The molecule has 0 amide bonds. The van der Waals surface area contributed by atoms with Crippen LogP contribution in [0.25, 0.3) is 11.0 Å². The van der Waals surface area contributed by atoms with E-state index in [2.05, 4.69) is 9.97 Å². The molecular weight excluding hydrogens is 370 g/mol. The van der Waals surface area contributed by atoms with Crippen LogP contribution in [0.1, 0.15) is 70.9 Å². The van der Waals surface area contributed by atoms with E-state index in [9.17, 15) is 14.7 Å². The van der Waals surface area contributed by atoms with Crippen molar-refractivity contribution < 1.29 is 19.4 Å². The van der Waals surface area contributed by atoms with Crippen LogP contribution in [0.4, 0.5) is 0 Å². The number of esters is 1. The fourth-order valence-electron chi connectivity index (χ4n) is 3.06. The monoisotopic (exact) mass is 395 g/mol. The van der Waals surface area contributed by atoms with Crippen LogP contribution < -0.4 is 0 Å². The van der Waals surface area contributed by atoms with Crippen molar-refractivity contribution in [1.82, 2.24) is 14.5 Å². The van der Waals surface area contributed by atoms with Gasteiger partial charge >= 0.3 is 11.9 Å². The Bertz CT molecular complexity index is 862. The van der Waals surface area contributed by atoms with Gasteiger partial charge in [0.1, 0.15) is 16.9 Å². The van der Waals surface area contributed by atoms with Gasteiger partial charge in [-0.3, -0.25) is 4.79 Å². The fraction of sp³-hybridized carbons (Fsp3) is 0.579. The van der Waals surface area contributed by atoms with Crippen LogP contribution in [0, 0.1) is 5.41 Å². The van der Waals surface area contributed by atoms with Gasteiger partial charge < -0.3 is 14.4 Å². The lowest BCUT2D eigenvalue weighted by molar-refractivity contribution is -0.155. The van der Waals surface area contributed by atoms with Crippen molar-refractivity contribution in [3.05, 3.63) is 23.2 Å². The van der Waals surface area contributed by atoms with Crippen LogP contribution in [0.2, 0.25) is 5.28 Å². The number of carbonyl (C=O) groups excluding carboxylic acids is 1. The highest BCUT2D eigenvalue weighted by Gasteiger charge is 2.32. The minimum absolute atomic E-state index is 0.0404. The second-order valence-electron chi connectivity index (χ2n) is 8.63. The second-order valence-corrected chi connectivity index (χ2v) is 8.97. The highest BCUT2D eigenvalue weighted by atomic mass is 35.5. The molecule has 0 saturated heterocycles. The van der Waals surface area contributed by atoms with E-state index in [1.807, 2.05) is 41.5 Å². The molecule has 8 heteroatoms. The molecule has 0 aliphatic heterocycles. The Hall–Kier alpha value is -2.15. The molecule has 0 aliphatic carbocycles. The number of halogens is 1. The molecular formula is C19H26ClN3O4. The number of rotatable bonds is 5. The number of nitrogens with zero attached hydrogens (tertiary/aromatic N) is 3. The van der Waals surface area contributed by atoms with Gasteiger partial charge in [0, 0.05) is 24.0 Å². The van der Waals surface area contributed by atoms with Crippen molar-refractivity contribution in [3.8, 4) is 0 Å². The van der Waals surface area contributed by atoms with E-state index < -0.39 is 11.6 Å². The lowest BCUT2D eigenvalue weighted by atomic mass is 9.83. The molecule has 0 aromatic carbocycles. The summed E-state index contributed by atoms with van der Waals surface area (Å²) in [5, 5.41) is 10.3. The van der Waals surface area contributed by atoms with Crippen molar-refractivity contribution in [3.63, 3.8) is 0 Å². The maximum atomic E-state index is 12.2. The van der Waals surface area contributed by atoms with Crippen molar-refractivity contribution >= 4 is 34.6 Å². The normalized spacial score (nSPS) is 13.6. The number of ether oxygens (including phenoxy) is 1. The van der Waals surface area contributed by atoms with Gasteiger partial charge in [-0.05, 0) is 50.3 Å². The SMILES string of the molecule is CC(C)(C)OC(=O)CC[C@@H](n1c(C(=O)O)cc2cnc(Cl)nc21)C(C)(C)C. The van der Waals surface area contributed by atoms with Gasteiger partial charge in [0.25, 0.3) is 0 Å². The summed E-state index contributed by atoms with van der Waals surface area (Å²) in [4.78, 5) is 32.2. The van der Waals surface area contributed by atoms with Crippen LogP contribution in [0.3, 0.4) is 0 Å². The number of hydrogen-bond acceptors (Lipinski definition) is 5. The van der Waals surface area contributed by atoms with Crippen LogP contribution in [-0.2, 0) is 9.53 Å². The Kier molecular flexibility index (Phi) is 5.85. The standard InChI is InChI=1S/C19H26ClN3O4/c1-18(2,3)13(7-8-14(24)27-19(4,5)6)23-12(16(25)26)9-11-10-21-17(20)22-15(11)23/h9-10,13H,7-8H2,1-6H3,(H,25,26)/t13-/m1/s1. The Morgan fingerprint density at radius 3 is 2.41 bits per heavy atom. The summed E-state index contributed by atoms with van der Waals surface area (Å²) in [7, 11) is 0. The summed E-state index contributed by atoms with van der Waals surface area (Å²) in [5.41, 5.74) is -0.376. The zero-order chi connectivity index (χ0) is 20.6. The summed E-state index contributed by atoms with van der Waals surface area (Å²) in [6, 6.07) is 1.22. The van der Waals surface area contributed by atoms with Gasteiger partial charge in [-0.1, -0.05) is 20.8 Å². The highest BCUT2D eigenvalue weighted by Crippen LogP contribution is 2.38. The minimum atomic E-state index is -1.07. The molecule has 0 spiro atoms. The number of carboxylic acid groups (broad SMARTS) is 1. The maximum absolute atomic E-state index is 12.2. The third-order valence-electron chi connectivity index (χ3n) is 4.12. The van der Waals surface area contributed by atoms with Gasteiger partial charge in [-0.15, -0.1) is 0 Å². The Balaban J connectivity index is 2.48. The number of aromatic carboxylic acids is 1. The van der Waals surface area contributed by atoms with Crippen LogP contribution in [0.15, 0.2) is 12.3 Å². The maximum Gasteiger partial charge on any atom is 0.352 e. The molecule has 27 heavy (non-hydrogen) atoms. The van der Waals surface area contributed by atoms with Crippen molar-refractivity contribution in [2.45, 2.75) is 66.0 Å². The fourth-order valence-corrected chi connectivity index (χ4v) is 3.19. The average Bonchev–Trinajstić information content (AvgIpc) is 2.83. The Morgan fingerprint density at radius 2 is 1.89 bits per heavy atom. The molecule has 0 aliphatic rings. The van der Waals surface area contributed by atoms with Gasteiger partial charge in [0.2, 0.25) is 5.28 Å². The molecule has 2 aromatic heterocycles. The highest BCUT2D eigenvalue weighted by molar-refractivity contribution is 6.28. The molecule has 0 bridgehead atoms. The number of fused-ring (bicyclic) bond motifs is 1. The molecule has 0 fully saturated rings. The minimum Gasteiger partial charge on any atom is -0.477 e. The summed E-state index contributed by atoms with van der Waals surface area (Å²) in [6.07, 6.45) is 2.07. The lowest BCUT2D eigenvalue weighted by Crippen LogP contribution is -2.29. The lowest BCUT2D eigenvalue weighted by Gasteiger charge is -2.33. The molecule has 0 saturated carbocycles. The van der Waals surface area contributed by atoms with Gasteiger partial charge in [0.05, 0.1) is 0 Å². The van der Waals surface area contributed by atoms with E-state index in [1.54, 1.807) is 4.57 Å². The first kappa shape index (κ1) is 21.2. The molecule has 7 nitrogen and oxygen atoms in total. The molecule has 1 N–H and O–H groups in total. The van der Waals surface area contributed by atoms with Crippen LogP contribution in [0.5, 0.6) is 0 Å². The zero-order valence-corrected chi connectivity index (χ0v) is 17.3. The molecule has 0 unspecified atom stereocenters. The number of carboxylic acids is 1. The largest absolute Gasteiger partial charge is 0.477 e. The van der Waals surface area contributed by atoms with E-state index in [-0.39, 0.29) is 34.8 Å². The third-order valence-corrected chi connectivity index (χ3v) is 4.30. The number of carbonyl (C=O) groups is 2. The summed E-state index contributed by atoms with van der Waals surface area (Å²) >= 11 is 5.94. The van der Waals surface area contributed by atoms with Gasteiger partial charge in [0.15, 0.2) is 0 Å². The molecule has 2 aromatic rings. The Labute approximate surface area is 163 Å². The smallest absolute Gasteiger partial charge is 0.352 e. The zero-order valence-electron chi connectivity index (χ0n) is 16.5. The first-order valence-corrected chi connectivity index (χ1v) is 9.16. The molecule has 148 valence electrons. The summed E-state index contributed by atoms with van der Waals surface area (Å²) < 4.78 is 7.04. The summed E-state index contributed by atoms with van der Waals surface area (Å²) in [5.74, 6) is -1.40. The number of aromatic nitrogens is 3. The van der Waals surface area contributed by atoms with E-state index >= 15 is 0 Å². The third kappa shape index (κ3) is 5.19. The van der Waals surface area contributed by atoms with Crippen molar-refractivity contribution in [1.29, 1.82) is 0 Å². The molecule has 2 heterocycles. The first-order valence-electron chi connectivity index (χ1n) is 8.78. The van der Waals surface area contributed by atoms with E-state index in [0.717, 1.165) is 0 Å². The van der Waals surface area contributed by atoms with Gasteiger partial charge in [-0.25, -0.2) is 9.78 Å². The van der Waals surface area contributed by atoms with Crippen molar-refractivity contribution in [2.24, 2.45) is 5.41 Å². The Morgan fingerprint density at radius 1 is 1.26 bits per heavy atom. The van der Waals surface area contributed by atoms with Crippen LogP contribution in [-0.4, -0.2) is 37.2 Å². The predicted octanol–water partition coefficient (Wildman–Crippen LogP) is 4.49. The van der Waals surface area contributed by atoms with E-state index in [0.29, 0.717) is 17.5 Å². The average molecular weight is 396 g/mol. The number of hydrogen-bond donors (Lipinski definition) is 1. The van der Waals surface area contributed by atoms with Crippen LogP contribution >= 0.6 is 11.6 Å². The van der Waals surface area contributed by atoms with Crippen molar-refractivity contribution in [2.75, 3.05) is 0 Å². The topological polar surface area (TPSA) is 94.3 Å². The second kappa shape index (κ2) is 7.46.